The normalized spacial score (nSPS) is 23.0. The van der Waals surface area contributed by atoms with Crippen molar-refractivity contribution in [1.29, 1.82) is 0 Å². The number of rotatable bonds is 6. The maximum atomic E-state index is 12.5. The summed E-state index contributed by atoms with van der Waals surface area (Å²) in [4.78, 5) is 12.4. The number of hydrogen-bond donors (Lipinski definition) is 1. The monoisotopic (exact) mass is 284 g/mol. The summed E-state index contributed by atoms with van der Waals surface area (Å²) >= 11 is 0. The highest BCUT2D eigenvalue weighted by molar-refractivity contribution is 5.48. The Balaban J connectivity index is 2.20. The molecular weight excluding hydrogens is 266 g/mol. The van der Waals surface area contributed by atoms with E-state index in [2.05, 4.69) is 5.32 Å². The number of ether oxygens (including phenoxy) is 1. The number of hydrogen-bond acceptors (Lipinski definition) is 3. The maximum absolute atomic E-state index is 12.5. The van der Waals surface area contributed by atoms with E-state index in [0.29, 0.717) is 25.2 Å². The molecule has 0 saturated carbocycles. The molecule has 20 heavy (non-hydrogen) atoms. The SMILES string of the molecule is COc1ccccc1[C@@H]1CN(CC(F)F)CC1NC=O. The van der Waals surface area contributed by atoms with Gasteiger partial charge >= 0.3 is 0 Å². The van der Waals surface area contributed by atoms with Gasteiger partial charge in [0.2, 0.25) is 6.41 Å². The lowest BCUT2D eigenvalue weighted by molar-refractivity contribution is -0.110. The van der Waals surface area contributed by atoms with Crippen LogP contribution in [0.2, 0.25) is 0 Å². The first kappa shape index (κ1) is 14.7. The van der Waals surface area contributed by atoms with Crippen molar-refractivity contribution in [1.82, 2.24) is 10.2 Å². The van der Waals surface area contributed by atoms with Gasteiger partial charge in [-0.1, -0.05) is 18.2 Å². The number of para-hydroxylation sites is 1. The molecule has 1 aromatic rings. The van der Waals surface area contributed by atoms with Crippen molar-refractivity contribution in [3.05, 3.63) is 29.8 Å². The second kappa shape index (κ2) is 6.65. The van der Waals surface area contributed by atoms with Gasteiger partial charge in [0.1, 0.15) is 5.75 Å². The van der Waals surface area contributed by atoms with Crippen LogP contribution in [-0.2, 0) is 4.79 Å². The second-order valence-electron chi connectivity index (χ2n) is 4.85. The zero-order valence-electron chi connectivity index (χ0n) is 11.3. The van der Waals surface area contributed by atoms with Crippen LogP contribution in [0, 0.1) is 0 Å². The van der Waals surface area contributed by atoms with Crippen LogP contribution in [0.15, 0.2) is 24.3 Å². The number of halogens is 2. The molecule has 1 aliphatic rings. The number of benzene rings is 1. The maximum Gasteiger partial charge on any atom is 0.251 e. The summed E-state index contributed by atoms with van der Waals surface area (Å²) in [5.74, 6) is 0.671. The Labute approximate surface area is 116 Å². The minimum atomic E-state index is -2.37. The molecule has 110 valence electrons. The average molecular weight is 284 g/mol. The Morgan fingerprint density at radius 3 is 2.85 bits per heavy atom. The van der Waals surface area contributed by atoms with E-state index in [-0.39, 0.29) is 18.5 Å². The molecule has 2 rings (SSSR count). The molecule has 0 spiro atoms. The molecule has 1 amide bonds. The predicted octanol–water partition coefficient (Wildman–Crippen LogP) is 1.47. The van der Waals surface area contributed by atoms with Crippen molar-refractivity contribution in [2.45, 2.75) is 18.4 Å². The molecule has 2 atom stereocenters. The Morgan fingerprint density at radius 2 is 2.20 bits per heavy atom. The fourth-order valence-electron chi connectivity index (χ4n) is 2.77. The van der Waals surface area contributed by atoms with Crippen molar-refractivity contribution >= 4 is 6.41 Å². The van der Waals surface area contributed by atoms with Gasteiger partial charge in [-0.05, 0) is 6.07 Å². The lowest BCUT2D eigenvalue weighted by Crippen LogP contribution is -2.35. The van der Waals surface area contributed by atoms with Gasteiger partial charge in [-0.25, -0.2) is 8.78 Å². The Bertz CT molecular complexity index is 457. The van der Waals surface area contributed by atoms with Crippen molar-refractivity contribution in [3.8, 4) is 5.75 Å². The van der Waals surface area contributed by atoms with Gasteiger partial charge in [0, 0.05) is 30.6 Å². The van der Waals surface area contributed by atoms with E-state index in [1.807, 2.05) is 24.3 Å². The van der Waals surface area contributed by atoms with Crippen LogP contribution in [0.1, 0.15) is 11.5 Å². The first-order valence-electron chi connectivity index (χ1n) is 6.48. The average Bonchev–Trinajstić information content (AvgIpc) is 2.81. The molecule has 0 aliphatic carbocycles. The number of nitrogens with one attached hydrogen (secondary N) is 1. The molecule has 1 saturated heterocycles. The Kier molecular flexibility index (Phi) is 4.89. The van der Waals surface area contributed by atoms with Gasteiger partial charge in [0.25, 0.3) is 6.43 Å². The molecule has 1 N–H and O–H groups in total. The fourth-order valence-corrected chi connectivity index (χ4v) is 2.77. The highest BCUT2D eigenvalue weighted by atomic mass is 19.3. The van der Waals surface area contributed by atoms with Crippen LogP contribution in [0.3, 0.4) is 0 Å². The van der Waals surface area contributed by atoms with Crippen molar-refractivity contribution in [2.75, 3.05) is 26.7 Å². The third-order valence-electron chi connectivity index (χ3n) is 3.61. The molecular formula is C14H18F2N2O2. The van der Waals surface area contributed by atoms with E-state index >= 15 is 0 Å². The Hall–Kier alpha value is -1.69. The van der Waals surface area contributed by atoms with Crippen LogP contribution in [0.25, 0.3) is 0 Å². The van der Waals surface area contributed by atoms with Crippen molar-refractivity contribution in [2.24, 2.45) is 0 Å². The summed E-state index contributed by atoms with van der Waals surface area (Å²) in [5, 5.41) is 2.72. The van der Waals surface area contributed by atoms with Gasteiger partial charge in [0.05, 0.1) is 13.7 Å². The molecule has 1 unspecified atom stereocenters. The number of methoxy groups -OCH3 is 1. The molecule has 4 nitrogen and oxygen atoms in total. The van der Waals surface area contributed by atoms with E-state index in [4.69, 9.17) is 4.74 Å². The largest absolute Gasteiger partial charge is 0.496 e. The highest BCUT2D eigenvalue weighted by Gasteiger charge is 2.35. The van der Waals surface area contributed by atoms with Crippen LogP contribution < -0.4 is 10.1 Å². The van der Waals surface area contributed by atoms with Gasteiger partial charge in [-0.3, -0.25) is 9.69 Å². The summed E-state index contributed by atoms with van der Waals surface area (Å²) in [5.41, 5.74) is 0.936. The minimum Gasteiger partial charge on any atom is -0.496 e. The standard InChI is InChI=1S/C14H18F2N2O2/c1-20-13-5-3-2-4-10(13)11-6-18(8-14(15)16)7-12(11)17-9-19/h2-5,9,11-12,14H,6-8H2,1H3,(H,17,19)/t11-,12?/m0/s1. The summed E-state index contributed by atoms with van der Waals surface area (Å²) < 4.78 is 30.4. The number of amides is 1. The fraction of sp³-hybridized carbons (Fsp3) is 0.500. The summed E-state index contributed by atoms with van der Waals surface area (Å²) in [6.45, 7) is 0.630. The Morgan fingerprint density at radius 1 is 1.45 bits per heavy atom. The van der Waals surface area contributed by atoms with E-state index in [1.165, 1.54) is 0 Å². The third-order valence-corrected chi connectivity index (χ3v) is 3.61. The number of nitrogens with zero attached hydrogens (tertiary/aromatic N) is 1. The molecule has 1 aromatic carbocycles. The number of carbonyl (C=O) groups is 1. The van der Waals surface area contributed by atoms with E-state index in [0.717, 1.165) is 5.56 Å². The quantitative estimate of drug-likeness (QED) is 0.804. The zero-order chi connectivity index (χ0) is 14.5. The molecule has 1 aliphatic heterocycles. The van der Waals surface area contributed by atoms with Gasteiger partial charge in [0.15, 0.2) is 0 Å². The van der Waals surface area contributed by atoms with Gasteiger partial charge < -0.3 is 10.1 Å². The molecule has 0 aromatic heterocycles. The van der Waals surface area contributed by atoms with Crippen LogP contribution in [-0.4, -0.2) is 50.5 Å². The lowest BCUT2D eigenvalue weighted by atomic mass is 9.93. The van der Waals surface area contributed by atoms with Crippen LogP contribution in [0.4, 0.5) is 8.78 Å². The first-order chi connectivity index (χ1) is 9.65. The van der Waals surface area contributed by atoms with Gasteiger partial charge in [-0.15, -0.1) is 0 Å². The van der Waals surface area contributed by atoms with Crippen molar-refractivity contribution in [3.63, 3.8) is 0 Å². The van der Waals surface area contributed by atoms with E-state index in [1.54, 1.807) is 12.0 Å². The molecule has 1 fully saturated rings. The van der Waals surface area contributed by atoms with E-state index < -0.39 is 6.43 Å². The molecule has 0 radical (unpaired) electrons. The topological polar surface area (TPSA) is 41.6 Å². The first-order valence-corrected chi connectivity index (χ1v) is 6.48. The lowest BCUT2D eigenvalue weighted by Gasteiger charge is -2.20. The molecule has 0 bridgehead atoms. The number of carbonyl (C=O) groups excluding carboxylic acids is 1. The molecule has 1 heterocycles. The van der Waals surface area contributed by atoms with Crippen LogP contribution >= 0.6 is 0 Å². The number of alkyl halides is 2. The van der Waals surface area contributed by atoms with Gasteiger partial charge in [-0.2, -0.15) is 0 Å². The predicted molar refractivity (Wildman–Crippen MR) is 71.2 cm³/mol. The third kappa shape index (κ3) is 3.25. The van der Waals surface area contributed by atoms with Crippen molar-refractivity contribution < 1.29 is 18.3 Å². The summed E-state index contributed by atoms with van der Waals surface area (Å²) in [7, 11) is 1.58. The summed E-state index contributed by atoms with van der Waals surface area (Å²) in [6, 6.07) is 7.31. The molecule has 6 heteroatoms. The van der Waals surface area contributed by atoms with E-state index in [9.17, 15) is 13.6 Å². The van der Waals surface area contributed by atoms with Crippen LogP contribution in [0.5, 0.6) is 5.75 Å². The zero-order valence-corrected chi connectivity index (χ0v) is 11.3. The smallest absolute Gasteiger partial charge is 0.251 e. The highest BCUT2D eigenvalue weighted by Crippen LogP contribution is 2.33. The summed E-state index contributed by atoms with van der Waals surface area (Å²) in [6.07, 6.45) is -1.75. The number of likely N-dealkylation sites (tertiary alicyclic amines) is 1. The minimum absolute atomic E-state index is 0.0462. The second-order valence-corrected chi connectivity index (χ2v) is 4.85.